The molecule has 0 aromatic rings. The molecule has 0 spiro atoms. The molecule has 1 aliphatic rings. The number of ketones is 1. The van der Waals surface area contributed by atoms with Gasteiger partial charge in [0.2, 0.25) is 0 Å². The summed E-state index contributed by atoms with van der Waals surface area (Å²) in [4.78, 5) is 24.9. The standard InChI is InChI=1S/C12H17NO5/c1-3-9-10(16)4-5-13(6-8(15)7-14)11(9)12(17)18-2/h3-5,8,11,14-15H,6-7H2,1-2H3/b9-3-. The number of nitrogens with zero attached hydrogens (tertiary/aromatic N) is 1. The number of ether oxygens (including phenoxy) is 1. The van der Waals surface area contributed by atoms with E-state index in [0.717, 1.165) is 0 Å². The number of methoxy groups -OCH3 is 1. The predicted molar refractivity (Wildman–Crippen MR) is 63.5 cm³/mol. The number of allylic oxidation sites excluding steroid dienone is 2. The molecule has 6 heteroatoms. The van der Waals surface area contributed by atoms with E-state index in [0.29, 0.717) is 5.57 Å². The van der Waals surface area contributed by atoms with Crippen LogP contribution in [0, 0.1) is 0 Å². The summed E-state index contributed by atoms with van der Waals surface area (Å²) in [5.74, 6) is -0.839. The molecule has 0 amide bonds. The van der Waals surface area contributed by atoms with Gasteiger partial charge < -0.3 is 19.8 Å². The van der Waals surface area contributed by atoms with Crippen LogP contribution in [-0.2, 0) is 14.3 Å². The molecule has 1 rings (SSSR count). The van der Waals surface area contributed by atoms with Crippen LogP contribution >= 0.6 is 0 Å². The van der Waals surface area contributed by atoms with Crippen molar-refractivity contribution in [3.8, 4) is 0 Å². The van der Waals surface area contributed by atoms with Gasteiger partial charge in [0.15, 0.2) is 11.8 Å². The zero-order chi connectivity index (χ0) is 13.7. The maximum Gasteiger partial charge on any atom is 0.333 e. The lowest BCUT2D eigenvalue weighted by atomic mass is 9.97. The Morgan fingerprint density at radius 1 is 1.67 bits per heavy atom. The summed E-state index contributed by atoms with van der Waals surface area (Å²) in [5.41, 5.74) is 0.300. The highest BCUT2D eigenvalue weighted by Gasteiger charge is 2.34. The normalized spacial score (nSPS) is 23.3. The van der Waals surface area contributed by atoms with Crippen LogP contribution in [-0.4, -0.2) is 59.3 Å². The summed E-state index contributed by atoms with van der Waals surface area (Å²) in [6.07, 6.45) is 3.30. The zero-order valence-corrected chi connectivity index (χ0v) is 10.4. The van der Waals surface area contributed by atoms with Gasteiger partial charge in [-0.25, -0.2) is 4.79 Å². The predicted octanol–water partition coefficient (Wildman–Crippen LogP) is -0.774. The minimum atomic E-state index is -0.992. The molecule has 0 bridgehead atoms. The number of aliphatic hydroxyl groups excluding tert-OH is 2. The molecule has 0 radical (unpaired) electrons. The number of carbonyl (C=O) groups is 2. The second-order valence-corrected chi connectivity index (χ2v) is 3.88. The van der Waals surface area contributed by atoms with Gasteiger partial charge in [-0.15, -0.1) is 0 Å². The van der Waals surface area contributed by atoms with Crippen LogP contribution in [0.1, 0.15) is 6.92 Å². The van der Waals surface area contributed by atoms with E-state index >= 15 is 0 Å². The van der Waals surface area contributed by atoms with Crippen molar-refractivity contribution < 1.29 is 24.5 Å². The van der Waals surface area contributed by atoms with Crippen molar-refractivity contribution in [2.45, 2.75) is 19.1 Å². The van der Waals surface area contributed by atoms with Gasteiger partial charge in [-0.05, 0) is 6.92 Å². The summed E-state index contributed by atoms with van der Waals surface area (Å²) in [6.45, 7) is 1.28. The third-order valence-corrected chi connectivity index (χ3v) is 2.70. The minimum absolute atomic E-state index is 0.0391. The first-order valence-corrected chi connectivity index (χ1v) is 5.56. The molecule has 0 saturated heterocycles. The fourth-order valence-electron chi connectivity index (χ4n) is 1.80. The molecular formula is C12H17NO5. The summed E-state index contributed by atoms with van der Waals surface area (Å²) in [5, 5.41) is 18.2. The van der Waals surface area contributed by atoms with Crippen LogP contribution in [0.25, 0.3) is 0 Å². The molecule has 0 aromatic heterocycles. The fourth-order valence-corrected chi connectivity index (χ4v) is 1.80. The molecule has 0 saturated carbocycles. The minimum Gasteiger partial charge on any atom is -0.467 e. The Morgan fingerprint density at radius 3 is 2.83 bits per heavy atom. The Morgan fingerprint density at radius 2 is 2.33 bits per heavy atom. The van der Waals surface area contributed by atoms with E-state index < -0.39 is 24.7 Å². The molecule has 18 heavy (non-hydrogen) atoms. The van der Waals surface area contributed by atoms with Crippen molar-refractivity contribution in [3.63, 3.8) is 0 Å². The van der Waals surface area contributed by atoms with Gasteiger partial charge in [0.25, 0.3) is 0 Å². The Hall–Kier alpha value is -1.66. The van der Waals surface area contributed by atoms with E-state index in [4.69, 9.17) is 5.11 Å². The quantitative estimate of drug-likeness (QED) is 0.506. The van der Waals surface area contributed by atoms with E-state index in [1.54, 1.807) is 13.0 Å². The van der Waals surface area contributed by atoms with E-state index in [1.807, 2.05) is 0 Å². The van der Waals surface area contributed by atoms with Gasteiger partial charge in [-0.2, -0.15) is 0 Å². The number of rotatable bonds is 4. The first-order valence-electron chi connectivity index (χ1n) is 5.56. The molecule has 2 N–H and O–H groups in total. The number of carbonyl (C=O) groups excluding carboxylic acids is 2. The largest absolute Gasteiger partial charge is 0.467 e. The Balaban J connectivity index is 3.03. The van der Waals surface area contributed by atoms with Crippen LogP contribution in [0.4, 0.5) is 0 Å². The number of β-amino-alcohol motifs (C(OH)–C–C–N with tert-alkyl or cyclic N) is 1. The first kappa shape index (κ1) is 14.4. The van der Waals surface area contributed by atoms with Crippen molar-refractivity contribution in [2.75, 3.05) is 20.3 Å². The van der Waals surface area contributed by atoms with Gasteiger partial charge in [0, 0.05) is 24.4 Å². The van der Waals surface area contributed by atoms with Gasteiger partial charge in [-0.1, -0.05) is 6.08 Å². The molecule has 2 unspecified atom stereocenters. The second kappa shape index (κ2) is 6.32. The molecule has 0 aromatic carbocycles. The van der Waals surface area contributed by atoms with Crippen molar-refractivity contribution >= 4 is 11.8 Å². The molecule has 0 fully saturated rings. The summed E-state index contributed by atoms with van der Waals surface area (Å²) < 4.78 is 4.66. The number of esters is 1. The van der Waals surface area contributed by atoms with Crippen LogP contribution in [0.3, 0.4) is 0 Å². The van der Waals surface area contributed by atoms with E-state index in [1.165, 1.54) is 24.3 Å². The van der Waals surface area contributed by atoms with Crippen molar-refractivity contribution in [3.05, 3.63) is 23.9 Å². The smallest absolute Gasteiger partial charge is 0.333 e. The Bertz CT molecular complexity index is 388. The lowest BCUT2D eigenvalue weighted by Crippen LogP contribution is -2.47. The van der Waals surface area contributed by atoms with Crippen molar-refractivity contribution in [1.29, 1.82) is 0 Å². The Kier molecular flexibility index (Phi) is 5.06. The highest BCUT2D eigenvalue weighted by atomic mass is 16.5. The highest BCUT2D eigenvalue weighted by molar-refractivity contribution is 6.09. The highest BCUT2D eigenvalue weighted by Crippen LogP contribution is 2.20. The SMILES string of the molecule is C/C=C1/C(=O)C=CN(CC(O)CO)C1C(=O)OC. The lowest BCUT2D eigenvalue weighted by molar-refractivity contribution is -0.146. The molecular weight excluding hydrogens is 238 g/mol. The van der Waals surface area contributed by atoms with E-state index in [-0.39, 0.29) is 12.3 Å². The average Bonchev–Trinajstić information content (AvgIpc) is 2.39. The molecule has 0 aliphatic carbocycles. The monoisotopic (exact) mass is 255 g/mol. The lowest BCUT2D eigenvalue weighted by Gasteiger charge is -2.33. The maximum atomic E-state index is 11.7. The van der Waals surface area contributed by atoms with Crippen molar-refractivity contribution in [2.24, 2.45) is 0 Å². The summed E-state index contributed by atoms with van der Waals surface area (Å²) in [6, 6.07) is -0.876. The van der Waals surface area contributed by atoms with Crippen LogP contribution in [0.2, 0.25) is 0 Å². The second-order valence-electron chi connectivity index (χ2n) is 3.88. The van der Waals surface area contributed by atoms with E-state index in [2.05, 4.69) is 4.74 Å². The van der Waals surface area contributed by atoms with Gasteiger partial charge in [-0.3, -0.25) is 4.79 Å². The topological polar surface area (TPSA) is 87.1 Å². The molecule has 1 aliphatic heterocycles. The zero-order valence-electron chi connectivity index (χ0n) is 10.4. The summed E-state index contributed by atoms with van der Waals surface area (Å²) in [7, 11) is 1.24. The fraction of sp³-hybridized carbons (Fsp3) is 0.500. The number of aliphatic hydroxyl groups is 2. The first-order chi connectivity index (χ1) is 8.54. The van der Waals surface area contributed by atoms with Crippen LogP contribution in [0.5, 0.6) is 0 Å². The third-order valence-electron chi connectivity index (χ3n) is 2.70. The third kappa shape index (κ3) is 2.96. The van der Waals surface area contributed by atoms with Crippen LogP contribution < -0.4 is 0 Å². The molecule has 2 atom stereocenters. The Labute approximate surface area is 105 Å². The number of hydrogen-bond acceptors (Lipinski definition) is 6. The van der Waals surface area contributed by atoms with Crippen LogP contribution in [0.15, 0.2) is 23.9 Å². The molecule has 1 heterocycles. The number of hydrogen-bond donors (Lipinski definition) is 2. The summed E-state index contributed by atoms with van der Waals surface area (Å²) >= 11 is 0. The molecule has 100 valence electrons. The van der Waals surface area contributed by atoms with E-state index in [9.17, 15) is 14.7 Å². The van der Waals surface area contributed by atoms with Gasteiger partial charge in [0.05, 0.1) is 19.8 Å². The van der Waals surface area contributed by atoms with Gasteiger partial charge in [0.1, 0.15) is 0 Å². The van der Waals surface area contributed by atoms with Gasteiger partial charge >= 0.3 is 5.97 Å². The van der Waals surface area contributed by atoms with Crippen molar-refractivity contribution in [1.82, 2.24) is 4.90 Å². The molecule has 6 nitrogen and oxygen atoms in total. The maximum absolute atomic E-state index is 11.7. The average molecular weight is 255 g/mol.